The van der Waals surface area contributed by atoms with Gasteiger partial charge in [0.25, 0.3) is 11.8 Å². The van der Waals surface area contributed by atoms with E-state index in [1.807, 2.05) is 64.4 Å². The lowest BCUT2D eigenvalue weighted by atomic mass is 9.88. The van der Waals surface area contributed by atoms with Crippen LogP contribution in [0, 0.1) is 0 Å². The number of ether oxygens (including phenoxy) is 1. The van der Waals surface area contributed by atoms with Crippen molar-refractivity contribution in [3.8, 4) is 0 Å². The van der Waals surface area contributed by atoms with Crippen LogP contribution in [0.15, 0.2) is 30.7 Å². The van der Waals surface area contributed by atoms with Gasteiger partial charge in [0.15, 0.2) is 6.10 Å². The number of imidazole rings is 1. The number of likely N-dealkylation sites (tertiary alicyclic amines) is 1. The molecular weight excluding hydrogens is 370 g/mol. The molecule has 0 aromatic carbocycles. The lowest BCUT2D eigenvalue weighted by molar-refractivity contribution is -0.179. The summed E-state index contributed by atoms with van der Waals surface area (Å²) in [6.45, 7) is 6.92. The van der Waals surface area contributed by atoms with Crippen LogP contribution >= 0.6 is 0 Å². The van der Waals surface area contributed by atoms with Gasteiger partial charge in [0.05, 0.1) is 6.54 Å². The third kappa shape index (κ3) is 3.35. The van der Waals surface area contributed by atoms with Gasteiger partial charge in [-0.2, -0.15) is 0 Å². The third-order valence-corrected chi connectivity index (χ3v) is 6.23. The molecule has 0 unspecified atom stereocenters. The Morgan fingerprint density at radius 2 is 1.97 bits per heavy atom. The molecule has 0 saturated carbocycles. The first-order valence-electron chi connectivity index (χ1n) is 10.4. The number of piperidine rings is 1. The first kappa shape index (κ1) is 19.7. The molecule has 2 aromatic heterocycles. The second-order valence-corrected chi connectivity index (χ2v) is 7.81. The highest BCUT2D eigenvalue weighted by atomic mass is 16.5. The monoisotopic (exact) mass is 399 g/mol. The smallest absolute Gasteiger partial charge is 0.270 e. The molecule has 1 fully saturated rings. The molecule has 2 amide bonds. The molecule has 8 heteroatoms. The zero-order valence-electron chi connectivity index (χ0n) is 17.4. The topological polar surface area (TPSA) is 72.6 Å². The molecule has 4 heterocycles. The molecule has 2 aliphatic heterocycles. The summed E-state index contributed by atoms with van der Waals surface area (Å²) in [5.74, 6) is 0.922. The lowest BCUT2D eigenvalue weighted by Gasteiger charge is -2.46. The summed E-state index contributed by atoms with van der Waals surface area (Å²) in [4.78, 5) is 34.1. The molecular formula is C21H29N5O3. The van der Waals surface area contributed by atoms with Gasteiger partial charge in [-0.15, -0.1) is 0 Å². The maximum absolute atomic E-state index is 13.0. The highest BCUT2D eigenvalue weighted by molar-refractivity contribution is 5.92. The van der Waals surface area contributed by atoms with Gasteiger partial charge >= 0.3 is 0 Å². The molecule has 2 aliphatic rings. The van der Waals surface area contributed by atoms with E-state index in [0.29, 0.717) is 51.3 Å². The summed E-state index contributed by atoms with van der Waals surface area (Å²) in [6, 6.07) is 3.72. The molecule has 1 atom stereocenters. The molecule has 1 saturated heterocycles. The van der Waals surface area contributed by atoms with E-state index >= 15 is 0 Å². The van der Waals surface area contributed by atoms with Crippen molar-refractivity contribution in [2.45, 2.75) is 44.9 Å². The molecule has 2 aromatic rings. The van der Waals surface area contributed by atoms with Crippen molar-refractivity contribution in [3.63, 3.8) is 0 Å². The number of aromatic nitrogens is 3. The largest absolute Gasteiger partial charge is 0.352 e. The molecule has 0 radical (unpaired) electrons. The van der Waals surface area contributed by atoms with E-state index in [0.717, 1.165) is 5.82 Å². The zero-order valence-corrected chi connectivity index (χ0v) is 17.4. The molecule has 0 bridgehead atoms. The van der Waals surface area contributed by atoms with Gasteiger partial charge in [-0.05, 0) is 26.0 Å². The summed E-state index contributed by atoms with van der Waals surface area (Å²) >= 11 is 0. The number of hydrogen-bond acceptors (Lipinski definition) is 4. The van der Waals surface area contributed by atoms with Crippen LogP contribution in [0.1, 0.15) is 43.0 Å². The van der Waals surface area contributed by atoms with E-state index in [-0.39, 0.29) is 11.8 Å². The van der Waals surface area contributed by atoms with Crippen LogP contribution in [0.25, 0.3) is 0 Å². The van der Waals surface area contributed by atoms with Crippen molar-refractivity contribution in [2.75, 3.05) is 26.2 Å². The Labute approximate surface area is 171 Å². The van der Waals surface area contributed by atoms with Gasteiger partial charge in [0, 0.05) is 64.7 Å². The molecule has 29 heavy (non-hydrogen) atoms. The van der Waals surface area contributed by atoms with Gasteiger partial charge in [-0.3, -0.25) is 9.59 Å². The second-order valence-electron chi connectivity index (χ2n) is 7.81. The fourth-order valence-electron chi connectivity index (χ4n) is 4.52. The predicted octanol–water partition coefficient (Wildman–Crippen LogP) is 1.62. The van der Waals surface area contributed by atoms with Gasteiger partial charge in [-0.25, -0.2) is 4.98 Å². The summed E-state index contributed by atoms with van der Waals surface area (Å²) in [5, 5.41) is 0. The van der Waals surface area contributed by atoms with Crippen LogP contribution in [-0.4, -0.2) is 68.0 Å². The van der Waals surface area contributed by atoms with Crippen LogP contribution in [0.3, 0.4) is 0 Å². The van der Waals surface area contributed by atoms with Crippen LogP contribution in [0.2, 0.25) is 0 Å². The number of likely N-dealkylation sites (N-methyl/N-ethyl adjacent to an activating group) is 1. The van der Waals surface area contributed by atoms with Gasteiger partial charge in [0.1, 0.15) is 17.1 Å². The summed E-state index contributed by atoms with van der Waals surface area (Å²) in [6.07, 6.45) is 6.30. The quantitative estimate of drug-likeness (QED) is 0.783. The van der Waals surface area contributed by atoms with Gasteiger partial charge in [-0.1, -0.05) is 0 Å². The van der Waals surface area contributed by atoms with Crippen molar-refractivity contribution >= 4 is 11.8 Å². The molecule has 156 valence electrons. The first-order valence-corrected chi connectivity index (χ1v) is 10.4. The summed E-state index contributed by atoms with van der Waals surface area (Å²) in [7, 11) is 1.88. The SMILES string of the molecule is CCN(CC)C(=O)[C@H]1Cn2ccnc2C2(CCN(C(=O)c3cccn3C)CC2)O1. The molecule has 1 spiro atoms. The van der Waals surface area contributed by atoms with Crippen LogP contribution in [-0.2, 0) is 28.7 Å². The Morgan fingerprint density at radius 1 is 1.24 bits per heavy atom. The van der Waals surface area contributed by atoms with Crippen LogP contribution in [0.4, 0.5) is 0 Å². The molecule has 4 rings (SSSR count). The minimum atomic E-state index is -0.625. The predicted molar refractivity (Wildman–Crippen MR) is 107 cm³/mol. The Balaban J connectivity index is 1.54. The highest BCUT2D eigenvalue weighted by Crippen LogP contribution is 2.40. The van der Waals surface area contributed by atoms with Crippen LogP contribution in [0.5, 0.6) is 0 Å². The maximum Gasteiger partial charge on any atom is 0.270 e. The third-order valence-electron chi connectivity index (χ3n) is 6.23. The Kier molecular flexibility index (Phi) is 5.21. The summed E-state index contributed by atoms with van der Waals surface area (Å²) in [5.41, 5.74) is 0.0573. The van der Waals surface area contributed by atoms with E-state index in [4.69, 9.17) is 4.74 Å². The van der Waals surface area contributed by atoms with E-state index in [9.17, 15) is 9.59 Å². The average Bonchev–Trinajstić information content (AvgIpc) is 3.38. The van der Waals surface area contributed by atoms with E-state index in [2.05, 4.69) is 4.98 Å². The Morgan fingerprint density at radius 3 is 2.59 bits per heavy atom. The number of hydrogen-bond donors (Lipinski definition) is 0. The number of carbonyl (C=O) groups excluding carboxylic acids is 2. The first-order chi connectivity index (χ1) is 14.0. The Hall–Kier alpha value is -2.61. The normalized spacial score (nSPS) is 20.5. The number of nitrogens with zero attached hydrogens (tertiary/aromatic N) is 5. The molecule has 0 aliphatic carbocycles. The van der Waals surface area contributed by atoms with Crippen molar-refractivity contribution < 1.29 is 14.3 Å². The Bertz CT molecular complexity index is 890. The number of rotatable bonds is 4. The van der Waals surface area contributed by atoms with Crippen LogP contribution < -0.4 is 0 Å². The lowest BCUT2D eigenvalue weighted by Crippen LogP contribution is -2.55. The zero-order chi connectivity index (χ0) is 20.6. The number of amides is 2. The molecule has 8 nitrogen and oxygen atoms in total. The van der Waals surface area contributed by atoms with E-state index in [1.54, 1.807) is 6.20 Å². The number of aryl methyl sites for hydroxylation is 1. The van der Waals surface area contributed by atoms with E-state index in [1.165, 1.54) is 0 Å². The van der Waals surface area contributed by atoms with Crippen molar-refractivity contribution in [1.82, 2.24) is 23.9 Å². The van der Waals surface area contributed by atoms with Crippen molar-refractivity contribution in [1.29, 1.82) is 0 Å². The fraction of sp³-hybridized carbons (Fsp3) is 0.571. The highest BCUT2D eigenvalue weighted by Gasteiger charge is 2.48. The maximum atomic E-state index is 13.0. The second kappa shape index (κ2) is 7.67. The van der Waals surface area contributed by atoms with Gasteiger partial charge in [0.2, 0.25) is 0 Å². The number of fused-ring (bicyclic) bond motifs is 2. The number of carbonyl (C=O) groups is 2. The van der Waals surface area contributed by atoms with Crippen molar-refractivity contribution in [2.24, 2.45) is 7.05 Å². The van der Waals surface area contributed by atoms with Gasteiger partial charge < -0.3 is 23.7 Å². The minimum Gasteiger partial charge on any atom is -0.352 e. The van der Waals surface area contributed by atoms with Crippen molar-refractivity contribution in [3.05, 3.63) is 42.2 Å². The summed E-state index contributed by atoms with van der Waals surface area (Å²) < 4.78 is 10.4. The fourth-order valence-corrected chi connectivity index (χ4v) is 4.52. The average molecular weight is 399 g/mol. The molecule has 0 N–H and O–H groups in total. The standard InChI is InChI=1S/C21H29N5O3/c1-4-24(5-2)19(28)17-15-26-14-10-22-20(26)21(29-17)8-12-25(13-9-21)18(27)16-7-6-11-23(16)3/h6-7,10-11,14,17H,4-5,8-9,12-13,15H2,1-3H3/t17-/m1/s1. The minimum absolute atomic E-state index is 0.0241. The van der Waals surface area contributed by atoms with E-state index < -0.39 is 11.7 Å².